The van der Waals surface area contributed by atoms with Gasteiger partial charge in [0.1, 0.15) is 0 Å². The van der Waals surface area contributed by atoms with Crippen LogP contribution in [0.5, 0.6) is 0 Å². The molecule has 0 saturated carbocycles. The standard InChI is InChI=1S/C22H23F3N6O3/c23-22(24,25)16-11-26-21(27-12-16)31-8-6-30(7-9-31)19(32)5-2-10-34-14-15-3-1-4-17-18(15)13-28-29-20(17)33/h1,3-4,11-13H,2,5-10,14H2,(H,29,33). The van der Waals surface area contributed by atoms with Crippen LogP contribution in [0.25, 0.3) is 10.8 Å². The molecule has 1 aromatic carbocycles. The molecule has 4 rings (SSSR count). The maximum absolute atomic E-state index is 12.7. The molecule has 0 unspecified atom stereocenters. The third-order valence-corrected chi connectivity index (χ3v) is 5.62. The number of fused-ring (bicyclic) bond motifs is 1. The van der Waals surface area contributed by atoms with Gasteiger partial charge in [-0.15, -0.1) is 0 Å². The van der Waals surface area contributed by atoms with E-state index in [-0.39, 0.29) is 17.4 Å². The zero-order valence-corrected chi connectivity index (χ0v) is 18.2. The number of nitrogens with one attached hydrogen (secondary N) is 1. The van der Waals surface area contributed by atoms with Crippen LogP contribution in [0, 0.1) is 0 Å². The quantitative estimate of drug-likeness (QED) is 0.522. The first kappa shape index (κ1) is 23.6. The van der Waals surface area contributed by atoms with Crippen LogP contribution in [0.15, 0.2) is 41.6 Å². The van der Waals surface area contributed by atoms with Gasteiger partial charge in [-0.25, -0.2) is 15.1 Å². The van der Waals surface area contributed by atoms with Gasteiger partial charge >= 0.3 is 6.18 Å². The molecule has 1 aliphatic heterocycles. The van der Waals surface area contributed by atoms with E-state index in [2.05, 4.69) is 20.2 Å². The van der Waals surface area contributed by atoms with E-state index in [0.29, 0.717) is 57.6 Å². The average Bonchev–Trinajstić information content (AvgIpc) is 2.84. The molecule has 1 N–H and O–H groups in total. The number of hydrogen-bond donors (Lipinski definition) is 1. The second kappa shape index (κ2) is 10.2. The maximum atomic E-state index is 12.7. The number of amides is 1. The summed E-state index contributed by atoms with van der Waals surface area (Å²) in [5.41, 5.74) is -0.294. The van der Waals surface area contributed by atoms with Gasteiger partial charge in [0.15, 0.2) is 0 Å². The van der Waals surface area contributed by atoms with Gasteiger partial charge in [0.2, 0.25) is 11.9 Å². The molecule has 0 spiro atoms. The SMILES string of the molecule is O=C(CCCOCc1cccc2c(=O)[nH]ncc12)N1CCN(c2ncc(C(F)(F)F)cn2)CC1. The van der Waals surface area contributed by atoms with Crippen LogP contribution in [-0.2, 0) is 22.3 Å². The van der Waals surface area contributed by atoms with E-state index in [4.69, 9.17) is 4.74 Å². The molecular formula is C22H23F3N6O3. The number of benzene rings is 1. The number of anilines is 1. The van der Waals surface area contributed by atoms with Crippen molar-refractivity contribution in [2.75, 3.05) is 37.7 Å². The van der Waals surface area contributed by atoms with Crippen molar-refractivity contribution in [3.63, 3.8) is 0 Å². The summed E-state index contributed by atoms with van der Waals surface area (Å²) in [6.07, 6.45) is -0.468. The third kappa shape index (κ3) is 5.50. The number of aromatic amines is 1. The number of rotatable bonds is 7. The predicted octanol–water partition coefficient (Wildman–Crippen LogP) is 2.38. The Hall–Kier alpha value is -3.54. The molecular weight excluding hydrogens is 453 g/mol. The van der Waals surface area contributed by atoms with Crippen molar-refractivity contribution in [1.29, 1.82) is 0 Å². The van der Waals surface area contributed by atoms with Crippen molar-refractivity contribution >= 4 is 22.6 Å². The van der Waals surface area contributed by atoms with Crippen LogP contribution < -0.4 is 10.5 Å². The van der Waals surface area contributed by atoms with Crippen molar-refractivity contribution in [3.8, 4) is 0 Å². The first-order chi connectivity index (χ1) is 16.3. The molecule has 2 aromatic heterocycles. The van der Waals surface area contributed by atoms with Gasteiger partial charge in [-0.1, -0.05) is 12.1 Å². The molecule has 0 bridgehead atoms. The number of aromatic nitrogens is 4. The maximum Gasteiger partial charge on any atom is 0.419 e. The fourth-order valence-corrected chi connectivity index (χ4v) is 3.76. The van der Waals surface area contributed by atoms with E-state index >= 15 is 0 Å². The lowest BCUT2D eigenvalue weighted by Gasteiger charge is -2.34. The van der Waals surface area contributed by atoms with Crippen molar-refractivity contribution in [3.05, 3.63) is 58.3 Å². The Kier molecular flexibility index (Phi) is 7.06. The molecule has 0 radical (unpaired) electrons. The lowest BCUT2D eigenvalue weighted by molar-refractivity contribution is -0.138. The summed E-state index contributed by atoms with van der Waals surface area (Å²) < 4.78 is 43.7. The van der Waals surface area contributed by atoms with E-state index in [9.17, 15) is 22.8 Å². The van der Waals surface area contributed by atoms with Gasteiger partial charge in [-0.05, 0) is 18.1 Å². The van der Waals surface area contributed by atoms with Gasteiger partial charge in [0, 0.05) is 57.0 Å². The zero-order valence-electron chi connectivity index (χ0n) is 18.2. The van der Waals surface area contributed by atoms with Gasteiger partial charge in [-0.3, -0.25) is 9.59 Å². The largest absolute Gasteiger partial charge is 0.419 e. The molecule has 0 atom stereocenters. The second-order valence-corrected chi connectivity index (χ2v) is 7.87. The number of halogens is 3. The summed E-state index contributed by atoms with van der Waals surface area (Å²) in [5, 5.41) is 7.51. The summed E-state index contributed by atoms with van der Waals surface area (Å²) >= 11 is 0. The van der Waals surface area contributed by atoms with Crippen LogP contribution in [0.2, 0.25) is 0 Å². The summed E-state index contributed by atoms with van der Waals surface area (Å²) in [4.78, 5) is 35.4. The molecule has 1 saturated heterocycles. The Labute approximate surface area is 192 Å². The normalized spacial score (nSPS) is 14.6. The van der Waals surface area contributed by atoms with Crippen LogP contribution >= 0.6 is 0 Å². The summed E-state index contributed by atoms with van der Waals surface area (Å²) in [6, 6.07) is 5.38. The van der Waals surface area contributed by atoms with Crippen molar-refractivity contribution in [2.45, 2.75) is 25.6 Å². The van der Waals surface area contributed by atoms with Crippen LogP contribution in [-0.4, -0.2) is 63.8 Å². The Morgan fingerprint density at radius 3 is 2.50 bits per heavy atom. The van der Waals surface area contributed by atoms with Crippen LogP contribution in [0.3, 0.4) is 0 Å². The Morgan fingerprint density at radius 1 is 1.06 bits per heavy atom. The highest BCUT2D eigenvalue weighted by Gasteiger charge is 2.32. The summed E-state index contributed by atoms with van der Waals surface area (Å²) in [5.74, 6) is 0.219. The average molecular weight is 476 g/mol. The first-order valence-corrected chi connectivity index (χ1v) is 10.8. The highest BCUT2D eigenvalue weighted by Crippen LogP contribution is 2.28. The number of piperazine rings is 1. The molecule has 12 heteroatoms. The Bertz CT molecular complexity index is 1190. The number of ether oxygens (including phenoxy) is 1. The fourth-order valence-electron chi connectivity index (χ4n) is 3.76. The Morgan fingerprint density at radius 2 is 1.79 bits per heavy atom. The monoisotopic (exact) mass is 476 g/mol. The molecule has 0 aliphatic carbocycles. The van der Waals surface area contributed by atoms with Gasteiger partial charge in [-0.2, -0.15) is 18.3 Å². The molecule has 34 heavy (non-hydrogen) atoms. The van der Waals surface area contributed by atoms with Gasteiger partial charge in [0.25, 0.3) is 5.56 Å². The molecule has 1 aliphatic rings. The van der Waals surface area contributed by atoms with E-state index in [1.54, 1.807) is 28.1 Å². The van der Waals surface area contributed by atoms with Gasteiger partial charge in [0.05, 0.1) is 23.8 Å². The lowest BCUT2D eigenvalue weighted by Crippen LogP contribution is -2.49. The highest BCUT2D eigenvalue weighted by molar-refractivity contribution is 5.83. The van der Waals surface area contributed by atoms with Crippen molar-refractivity contribution in [1.82, 2.24) is 25.1 Å². The number of nitrogens with zero attached hydrogens (tertiary/aromatic N) is 5. The minimum Gasteiger partial charge on any atom is -0.377 e. The number of carbonyl (C=O) groups is 1. The molecule has 180 valence electrons. The summed E-state index contributed by atoms with van der Waals surface area (Å²) in [6.45, 7) is 2.48. The van der Waals surface area contributed by atoms with E-state index < -0.39 is 11.7 Å². The minimum atomic E-state index is -4.47. The molecule has 3 aromatic rings. The van der Waals surface area contributed by atoms with Crippen molar-refractivity contribution < 1.29 is 22.7 Å². The second-order valence-electron chi connectivity index (χ2n) is 7.87. The number of carbonyl (C=O) groups excluding carboxylic acids is 1. The van der Waals surface area contributed by atoms with Crippen LogP contribution in [0.4, 0.5) is 19.1 Å². The predicted molar refractivity (Wildman–Crippen MR) is 117 cm³/mol. The topological polar surface area (TPSA) is 104 Å². The third-order valence-electron chi connectivity index (χ3n) is 5.62. The highest BCUT2D eigenvalue weighted by atomic mass is 19.4. The number of H-pyrrole nitrogens is 1. The first-order valence-electron chi connectivity index (χ1n) is 10.8. The zero-order chi connectivity index (χ0) is 24.1. The molecule has 1 amide bonds. The van der Waals surface area contributed by atoms with Crippen LogP contribution in [0.1, 0.15) is 24.0 Å². The number of hydrogen-bond acceptors (Lipinski definition) is 7. The fraction of sp³-hybridized carbons (Fsp3) is 0.409. The van der Waals surface area contributed by atoms with E-state index in [0.717, 1.165) is 23.3 Å². The van der Waals surface area contributed by atoms with Crippen molar-refractivity contribution in [2.24, 2.45) is 0 Å². The molecule has 9 nitrogen and oxygen atoms in total. The Balaban J connectivity index is 1.19. The molecule has 3 heterocycles. The minimum absolute atomic E-state index is 0.00233. The smallest absolute Gasteiger partial charge is 0.377 e. The lowest BCUT2D eigenvalue weighted by atomic mass is 10.1. The van der Waals surface area contributed by atoms with Gasteiger partial charge < -0.3 is 14.5 Å². The molecule has 1 fully saturated rings. The number of alkyl halides is 3. The summed E-state index contributed by atoms with van der Waals surface area (Å²) in [7, 11) is 0. The van der Waals surface area contributed by atoms with E-state index in [1.165, 1.54) is 0 Å². The van der Waals surface area contributed by atoms with E-state index in [1.807, 2.05) is 6.07 Å².